The number of carbonyl (C=O) groups is 3. The van der Waals surface area contributed by atoms with Crippen LogP contribution in [0.4, 0.5) is 4.79 Å². The highest BCUT2D eigenvalue weighted by Crippen LogP contribution is 2.31. The first kappa shape index (κ1) is 56.4. The summed E-state index contributed by atoms with van der Waals surface area (Å²) < 4.78 is 39.1. The van der Waals surface area contributed by atoms with Crippen molar-refractivity contribution in [1.29, 1.82) is 21.3 Å². The van der Waals surface area contributed by atoms with Crippen LogP contribution in [-0.2, 0) is 14.2 Å². The lowest BCUT2D eigenvalue weighted by atomic mass is 10.2. The molecule has 6 rings (SSSR count). The van der Waals surface area contributed by atoms with Gasteiger partial charge in [0.1, 0.15) is 39.7 Å². The number of rotatable bonds is 21. The van der Waals surface area contributed by atoms with E-state index in [4.69, 9.17) is 60.2 Å². The third-order valence-electron chi connectivity index (χ3n) is 9.78. The first-order valence-corrected chi connectivity index (χ1v) is 23.7. The quantitative estimate of drug-likeness (QED) is 0.0222. The van der Waals surface area contributed by atoms with E-state index in [2.05, 4.69) is 25.9 Å². The number of benzene rings is 4. The predicted molar refractivity (Wildman–Crippen MR) is 278 cm³/mol. The third kappa shape index (κ3) is 18.5. The van der Waals surface area contributed by atoms with Gasteiger partial charge in [0.25, 0.3) is 11.8 Å². The van der Waals surface area contributed by atoms with E-state index >= 15 is 0 Å². The Kier molecular flexibility index (Phi) is 21.4. The number of nitrogens with two attached hydrogens (primary N) is 1. The molecule has 20 heteroatoms. The molecule has 3 amide bonds. The Bertz CT molecular complexity index is 2970. The number of nitrogens with zero attached hydrogens (tertiary/aromatic N) is 4. The molecule has 4 aromatic carbocycles. The SMILES string of the molecule is CC(C)(C)OC(=O)NCCCNC(=O)c1ccc(Oc2ccc(C#N)cc2)nc1Oc1ccc(C#N)cc1.CCOC(=N)c1ccc(Oc2ccc(C(=O)NCCCN)c(Oc3ccc(C(=N)OCC)cc3)n2)cc1. The van der Waals surface area contributed by atoms with Gasteiger partial charge in [-0.2, -0.15) is 20.5 Å². The van der Waals surface area contributed by atoms with E-state index in [0.717, 1.165) is 0 Å². The van der Waals surface area contributed by atoms with Crippen molar-refractivity contribution < 1.29 is 47.5 Å². The molecule has 0 aliphatic rings. The van der Waals surface area contributed by atoms with E-state index < -0.39 is 17.6 Å². The van der Waals surface area contributed by atoms with Gasteiger partial charge in [0.2, 0.25) is 35.3 Å². The Morgan fingerprint density at radius 3 is 1.29 bits per heavy atom. The zero-order chi connectivity index (χ0) is 54.2. The average Bonchev–Trinajstić information content (AvgIpc) is 3.39. The molecule has 0 atom stereocenters. The minimum absolute atomic E-state index is 0.00485. The first-order valence-electron chi connectivity index (χ1n) is 23.7. The number of amides is 3. The number of carbonyl (C=O) groups excluding carboxylic acids is 3. The summed E-state index contributed by atoms with van der Waals surface area (Å²) in [6.07, 6.45) is 0.592. The normalized spacial score (nSPS) is 10.4. The Balaban J connectivity index is 0.000000277. The first-order chi connectivity index (χ1) is 36.1. The van der Waals surface area contributed by atoms with Gasteiger partial charge in [0, 0.05) is 42.9 Å². The molecule has 388 valence electrons. The highest BCUT2D eigenvalue weighted by Gasteiger charge is 2.20. The van der Waals surface area contributed by atoms with Crippen LogP contribution in [0.25, 0.3) is 0 Å². The molecule has 2 aromatic heterocycles. The number of hydrogen-bond acceptors (Lipinski definition) is 17. The number of pyridine rings is 2. The van der Waals surface area contributed by atoms with Crippen LogP contribution in [0.5, 0.6) is 46.5 Å². The van der Waals surface area contributed by atoms with Crippen LogP contribution in [0.3, 0.4) is 0 Å². The summed E-state index contributed by atoms with van der Waals surface area (Å²) in [6, 6.07) is 36.7. The lowest BCUT2D eigenvalue weighted by Gasteiger charge is -2.19. The number of hydrogen-bond donors (Lipinski definition) is 6. The number of ether oxygens (including phenoxy) is 7. The molecule has 0 bridgehead atoms. The van der Waals surface area contributed by atoms with E-state index in [0.29, 0.717) is 90.9 Å². The molecule has 0 aliphatic carbocycles. The summed E-state index contributed by atoms with van der Waals surface area (Å²) in [5.74, 6) is 1.57. The predicted octanol–water partition coefficient (Wildman–Crippen LogP) is 9.52. The summed E-state index contributed by atoms with van der Waals surface area (Å²) in [6.45, 7) is 11.3. The summed E-state index contributed by atoms with van der Waals surface area (Å²) in [4.78, 5) is 46.2. The van der Waals surface area contributed by atoms with Crippen LogP contribution in [0.15, 0.2) is 121 Å². The molecule has 0 spiro atoms. The Hall–Kier alpha value is -9.53. The zero-order valence-corrected chi connectivity index (χ0v) is 42.2. The van der Waals surface area contributed by atoms with Gasteiger partial charge >= 0.3 is 6.09 Å². The second kappa shape index (κ2) is 28.5. The fourth-order valence-electron chi connectivity index (χ4n) is 6.22. The molecule has 20 nitrogen and oxygen atoms in total. The molecule has 6 aromatic rings. The average molecular weight is 1020 g/mol. The molecule has 0 saturated heterocycles. The fraction of sp³-hybridized carbons (Fsp3) is 0.255. The van der Waals surface area contributed by atoms with Crippen molar-refractivity contribution in [3.63, 3.8) is 0 Å². The summed E-state index contributed by atoms with van der Waals surface area (Å²) >= 11 is 0. The van der Waals surface area contributed by atoms with Crippen LogP contribution in [0, 0.1) is 33.5 Å². The Morgan fingerprint density at radius 2 is 0.920 bits per heavy atom. The van der Waals surface area contributed by atoms with Crippen molar-refractivity contribution in [3.8, 4) is 58.7 Å². The van der Waals surface area contributed by atoms with Gasteiger partial charge in [0.15, 0.2) is 0 Å². The van der Waals surface area contributed by atoms with E-state index in [1.165, 1.54) is 12.1 Å². The third-order valence-corrected chi connectivity index (χ3v) is 9.78. The van der Waals surface area contributed by atoms with E-state index in [-0.39, 0.29) is 58.9 Å². The monoisotopic (exact) mass is 1020 g/mol. The summed E-state index contributed by atoms with van der Waals surface area (Å²) in [5, 5.41) is 42.0. The molecular formula is C55H58N10O10. The van der Waals surface area contributed by atoms with E-state index in [1.54, 1.807) is 130 Å². The highest BCUT2D eigenvalue weighted by atomic mass is 16.6. The van der Waals surface area contributed by atoms with Crippen molar-refractivity contribution in [2.45, 2.75) is 53.1 Å². The maximum atomic E-state index is 12.9. The molecule has 0 aliphatic heterocycles. The molecule has 2 heterocycles. The molecule has 7 N–H and O–H groups in total. The molecule has 75 heavy (non-hydrogen) atoms. The summed E-state index contributed by atoms with van der Waals surface area (Å²) in [7, 11) is 0. The Labute approximate surface area is 434 Å². The van der Waals surface area contributed by atoms with Crippen LogP contribution in [-0.4, -0.2) is 84.7 Å². The summed E-state index contributed by atoms with van der Waals surface area (Å²) in [5.41, 5.74) is 7.50. The fourth-order valence-corrected chi connectivity index (χ4v) is 6.22. The van der Waals surface area contributed by atoms with E-state index in [9.17, 15) is 14.4 Å². The van der Waals surface area contributed by atoms with Gasteiger partial charge in [-0.15, -0.1) is 0 Å². The highest BCUT2D eigenvalue weighted by molar-refractivity contribution is 5.97. The molecule has 0 unspecified atom stereocenters. The minimum Gasteiger partial charge on any atom is -0.478 e. The minimum atomic E-state index is -0.591. The van der Waals surface area contributed by atoms with Crippen LogP contribution in [0.2, 0.25) is 0 Å². The number of alkyl carbamates (subject to hydrolysis) is 1. The Morgan fingerprint density at radius 1 is 0.547 bits per heavy atom. The van der Waals surface area contributed by atoms with Crippen molar-refractivity contribution >= 4 is 29.7 Å². The van der Waals surface area contributed by atoms with Crippen molar-refractivity contribution in [2.24, 2.45) is 5.73 Å². The number of nitrogens with one attached hydrogen (secondary N) is 5. The lowest BCUT2D eigenvalue weighted by Crippen LogP contribution is -2.34. The molecule has 0 saturated carbocycles. The zero-order valence-electron chi connectivity index (χ0n) is 42.2. The van der Waals surface area contributed by atoms with Gasteiger partial charge in [-0.3, -0.25) is 20.4 Å². The van der Waals surface area contributed by atoms with Crippen LogP contribution < -0.4 is 40.6 Å². The maximum Gasteiger partial charge on any atom is 0.407 e. The van der Waals surface area contributed by atoms with Crippen molar-refractivity contribution in [3.05, 3.63) is 155 Å². The second-order valence-electron chi connectivity index (χ2n) is 16.7. The number of aromatic nitrogens is 2. The molecular weight excluding hydrogens is 961 g/mol. The smallest absolute Gasteiger partial charge is 0.407 e. The number of nitriles is 2. The lowest BCUT2D eigenvalue weighted by molar-refractivity contribution is 0.0527. The largest absolute Gasteiger partial charge is 0.478 e. The topological polar surface area (TPSA) is 299 Å². The van der Waals surface area contributed by atoms with Crippen molar-refractivity contribution in [2.75, 3.05) is 39.4 Å². The van der Waals surface area contributed by atoms with Gasteiger partial charge in [-0.05, 0) is 163 Å². The van der Waals surface area contributed by atoms with Crippen LogP contribution >= 0.6 is 0 Å². The van der Waals surface area contributed by atoms with Gasteiger partial charge in [0.05, 0.1) is 36.5 Å². The van der Waals surface area contributed by atoms with Crippen LogP contribution in [0.1, 0.15) is 90.4 Å². The standard InChI is InChI=1S/C28H27N5O5.C27H31N5O5/c1-28(2,3)38-27(35)32-16-4-15-31-25(34)23-13-14-24(36-21-9-5-19(17-29)6-10-21)33-26(23)37-22-11-7-20(18-30)8-12-22;1-3-34-24(29)18-6-10-20(11-7-18)36-23-15-14-22(26(33)31-17-5-16-28)27(32-23)37-21-12-8-19(9-13-21)25(30)35-4-2/h5-14H,4,15-16H2,1-3H3,(H,31,34)(H,32,35);6-15,29-30H,3-5,16-17,28H2,1-2H3,(H,31,33). The van der Waals surface area contributed by atoms with Crippen molar-refractivity contribution in [1.82, 2.24) is 25.9 Å². The van der Waals surface area contributed by atoms with Gasteiger partial charge in [-0.1, -0.05) is 0 Å². The molecule has 0 radical (unpaired) electrons. The van der Waals surface area contributed by atoms with Gasteiger partial charge < -0.3 is 54.8 Å². The van der Waals surface area contributed by atoms with Gasteiger partial charge in [-0.25, -0.2) is 4.79 Å². The van der Waals surface area contributed by atoms with E-state index in [1.807, 2.05) is 26.0 Å². The molecule has 0 fully saturated rings. The maximum absolute atomic E-state index is 12.9. The second-order valence-corrected chi connectivity index (χ2v) is 16.7.